The fraction of sp³-hybridized carbons (Fsp3) is 0.409. The number of nitrogens with one attached hydrogen (secondary N) is 1. The summed E-state index contributed by atoms with van der Waals surface area (Å²) in [5.74, 6) is -2.12. The first kappa shape index (κ1) is 22.4. The van der Waals surface area contributed by atoms with E-state index in [0.29, 0.717) is 56.2 Å². The molecule has 2 fully saturated rings. The topological polar surface area (TPSA) is 93.1 Å². The summed E-state index contributed by atoms with van der Waals surface area (Å²) in [4.78, 5) is 30.4. The molecule has 2 saturated heterocycles. The molecular weight excluding hydrogens is 456 g/mol. The average Bonchev–Trinajstić information content (AvgIpc) is 3.18. The number of carbonyl (C=O) groups excluding carboxylic acids is 1. The summed E-state index contributed by atoms with van der Waals surface area (Å²) >= 11 is 0. The van der Waals surface area contributed by atoms with Crippen LogP contribution in [0.5, 0.6) is 5.75 Å². The number of halogens is 4. The highest BCUT2D eigenvalue weighted by atomic mass is 19.4. The fourth-order valence-electron chi connectivity index (χ4n) is 4.56. The Morgan fingerprint density at radius 3 is 2.50 bits per heavy atom. The van der Waals surface area contributed by atoms with E-state index in [1.165, 1.54) is 6.20 Å². The summed E-state index contributed by atoms with van der Waals surface area (Å²) in [6.07, 6.45) is 0.498. The zero-order valence-electron chi connectivity index (χ0n) is 17.8. The maximum atomic E-state index is 14.6. The number of anilines is 1. The highest BCUT2D eigenvalue weighted by Gasteiger charge is 2.46. The van der Waals surface area contributed by atoms with Crippen LogP contribution in [0.2, 0.25) is 0 Å². The van der Waals surface area contributed by atoms with Crippen LogP contribution in [0, 0.1) is 5.41 Å². The lowest BCUT2D eigenvalue weighted by Crippen LogP contribution is -2.45. The van der Waals surface area contributed by atoms with Crippen molar-refractivity contribution < 1.29 is 27.1 Å². The third kappa shape index (κ3) is 4.02. The number of esters is 1. The van der Waals surface area contributed by atoms with Crippen molar-refractivity contribution in [3.63, 3.8) is 0 Å². The number of alkyl halides is 4. The Balaban J connectivity index is 1.59. The van der Waals surface area contributed by atoms with Gasteiger partial charge < -0.3 is 15.0 Å². The number of fused-ring (bicyclic) bond motifs is 1. The molecule has 5 rings (SSSR count). The van der Waals surface area contributed by atoms with Crippen molar-refractivity contribution in [3.05, 3.63) is 36.9 Å². The molecule has 12 heteroatoms. The van der Waals surface area contributed by atoms with Crippen molar-refractivity contribution in [1.29, 1.82) is 0 Å². The monoisotopic (exact) mass is 476 g/mol. The van der Waals surface area contributed by atoms with Crippen LogP contribution in [0.3, 0.4) is 0 Å². The zero-order valence-corrected chi connectivity index (χ0v) is 17.8. The fourth-order valence-corrected chi connectivity index (χ4v) is 4.56. The molecule has 34 heavy (non-hydrogen) atoms. The molecule has 0 bridgehead atoms. The minimum atomic E-state index is -5.18. The van der Waals surface area contributed by atoms with Gasteiger partial charge in [-0.05, 0) is 25.0 Å². The third-order valence-electron chi connectivity index (χ3n) is 6.45. The Bertz CT molecular complexity index is 1220. The molecule has 0 aromatic carbocycles. The quantitative estimate of drug-likeness (QED) is 0.456. The van der Waals surface area contributed by atoms with Crippen LogP contribution in [0.15, 0.2) is 36.9 Å². The van der Waals surface area contributed by atoms with Crippen LogP contribution in [0.4, 0.5) is 23.4 Å². The van der Waals surface area contributed by atoms with E-state index in [4.69, 9.17) is 0 Å². The molecule has 3 aromatic rings. The molecule has 2 aliphatic rings. The second-order valence-electron chi connectivity index (χ2n) is 8.47. The molecule has 0 saturated carbocycles. The molecule has 2 aliphatic heterocycles. The molecule has 0 amide bonds. The van der Waals surface area contributed by atoms with Crippen molar-refractivity contribution in [2.75, 3.05) is 31.1 Å². The molecule has 8 nitrogen and oxygen atoms in total. The van der Waals surface area contributed by atoms with E-state index in [2.05, 4.69) is 30.0 Å². The Labute approximate surface area is 191 Å². The molecule has 0 aliphatic carbocycles. The second-order valence-corrected chi connectivity index (χ2v) is 8.47. The highest BCUT2D eigenvalue weighted by molar-refractivity contribution is 5.97. The predicted octanol–water partition coefficient (Wildman–Crippen LogP) is 3.08. The van der Waals surface area contributed by atoms with Crippen molar-refractivity contribution >= 4 is 22.7 Å². The number of hydrogen-bond acceptors (Lipinski definition) is 8. The van der Waals surface area contributed by atoms with Crippen molar-refractivity contribution in [2.24, 2.45) is 5.41 Å². The number of piperidine rings is 1. The van der Waals surface area contributed by atoms with Crippen LogP contribution in [-0.2, 0) is 4.79 Å². The molecular formula is C22H20F4N6O2. The number of ether oxygens (including phenoxy) is 1. The van der Waals surface area contributed by atoms with E-state index >= 15 is 0 Å². The van der Waals surface area contributed by atoms with Gasteiger partial charge in [-0.3, -0.25) is 9.97 Å². The largest absolute Gasteiger partial charge is 0.491 e. The summed E-state index contributed by atoms with van der Waals surface area (Å²) in [5, 5.41) is 3.24. The minimum Gasteiger partial charge on any atom is -0.417 e. The Hall–Kier alpha value is -3.41. The van der Waals surface area contributed by atoms with E-state index in [1.54, 1.807) is 24.5 Å². The number of nitrogens with zero attached hydrogens (tertiary/aromatic N) is 5. The lowest BCUT2D eigenvalue weighted by molar-refractivity contribution is -0.189. The molecule has 178 valence electrons. The van der Waals surface area contributed by atoms with Gasteiger partial charge in [0.25, 0.3) is 0 Å². The first-order valence-electron chi connectivity index (χ1n) is 10.7. The molecule has 0 radical (unpaired) electrons. The van der Waals surface area contributed by atoms with Crippen molar-refractivity contribution in [3.8, 4) is 17.1 Å². The third-order valence-corrected chi connectivity index (χ3v) is 6.45. The van der Waals surface area contributed by atoms with E-state index in [-0.39, 0.29) is 16.7 Å². The normalized spacial score (nSPS) is 20.1. The number of rotatable bonds is 3. The lowest BCUT2D eigenvalue weighted by Gasteiger charge is -2.40. The summed E-state index contributed by atoms with van der Waals surface area (Å²) in [7, 11) is 0. The van der Waals surface area contributed by atoms with Crippen LogP contribution in [0.1, 0.15) is 12.8 Å². The predicted molar refractivity (Wildman–Crippen MR) is 114 cm³/mol. The van der Waals surface area contributed by atoms with Gasteiger partial charge in [-0.25, -0.2) is 19.2 Å². The van der Waals surface area contributed by atoms with Gasteiger partial charge in [0.05, 0.1) is 23.3 Å². The van der Waals surface area contributed by atoms with Crippen molar-refractivity contribution in [2.45, 2.75) is 25.2 Å². The van der Waals surface area contributed by atoms with Crippen LogP contribution >= 0.6 is 0 Å². The molecule has 0 unspecified atom stereocenters. The van der Waals surface area contributed by atoms with Gasteiger partial charge in [0.1, 0.15) is 12.0 Å². The van der Waals surface area contributed by atoms with E-state index in [9.17, 15) is 22.4 Å². The SMILES string of the molecule is O=C(Oc1cncc2nc(-c3ccncc3)nc(N3CCC4(CC3)CNC[C@H]4F)c12)C(F)(F)F. The number of pyridine rings is 2. The number of aromatic nitrogens is 4. The zero-order chi connectivity index (χ0) is 23.9. The van der Waals surface area contributed by atoms with Gasteiger partial charge in [-0.1, -0.05) is 0 Å². The number of carbonyl (C=O) groups is 1. The van der Waals surface area contributed by atoms with E-state index in [0.717, 1.165) is 6.20 Å². The molecule has 3 aromatic heterocycles. The van der Waals surface area contributed by atoms with Gasteiger partial charge in [0.2, 0.25) is 0 Å². The maximum Gasteiger partial charge on any atom is 0.491 e. The Morgan fingerprint density at radius 1 is 1.12 bits per heavy atom. The smallest absolute Gasteiger partial charge is 0.417 e. The highest BCUT2D eigenvalue weighted by Crippen LogP contribution is 2.42. The van der Waals surface area contributed by atoms with Gasteiger partial charge in [0.15, 0.2) is 11.6 Å². The van der Waals surface area contributed by atoms with Gasteiger partial charge in [-0.15, -0.1) is 0 Å². The Kier molecular flexibility index (Phi) is 5.54. The lowest BCUT2D eigenvalue weighted by atomic mass is 9.76. The molecule has 1 spiro atoms. The summed E-state index contributed by atoms with van der Waals surface area (Å²) < 4.78 is 57.9. The van der Waals surface area contributed by atoms with Gasteiger partial charge >= 0.3 is 12.1 Å². The van der Waals surface area contributed by atoms with Crippen molar-refractivity contribution in [1.82, 2.24) is 25.3 Å². The van der Waals surface area contributed by atoms with Gasteiger partial charge in [0, 0.05) is 49.6 Å². The molecule has 1 atom stereocenters. The van der Waals surface area contributed by atoms with E-state index in [1.807, 2.05) is 4.90 Å². The second kappa shape index (κ2) is 8.42. The van der Waals surface area contributed by atoms with Crippen LogP contribution in [-0.4, -0.2) is 64.4 Å². The summed E-state index contributed by atoms with van der Waals surface area (Å²) in [5.41, 5.74) is 0.393. The molecule has 1 N–H and O–H groups in total. The average molecular weight is 476 g/mol. The first-order valence-corrected chi connectivity index (χ1v) is 10.7. The van der Waals surface area contributed by atoms with E-state index < -0.39 is 23.7 Å². The maximum absolute atomic E-state index is 14.6. The molecule has 5 heterocycles. The van der Waals surface area contributed by atoms with Crippen LogP contribution in [0.25, 0.3) is 22.3 Å². The standard InChI is InChI=1S/C22H20F4N6O2/c23-16-11-29-12-21(16)3-7-32(8-4-21)19-17-14(30-18(31-19)13-1-5-27-6-2-13)9-28-10-15(17)34-20(33)22(24,25)26/h1-2,5-6,9-10,16,29H,3-4,7-8,11-12H2/t16-/m1/s1. The Morgan fingerprint density at radius 2 is 1.85 bits per heavy atom. The minimum absolute atomic E-state index is 0.141. The van der Waals surface area contributed by atoms with Crippen LogP contribution < -0.4 is 15.0 Å². The summed E-state index contributed by atoms with van der Waals surface area (Å²) in [6, 6.07) is 3.41. The number of hydrogen-bond donors (Lipinski definition) is 1. The first-order chi connectivity index (χ1) is 16.3. The van der Waals surface area contributed by atoms with Gasteiger partial charge in [-0.2, -0.15) is 13.2 Å². The summed E-state index contributed by atoms with van der Waals surface area (Å²) in [6.45, 7) is 1.75.